The Morgan fingerprint density at radius 3 is 2.58 bits per heavy atom. The number of hydrogen-bond acceptors (Lipinski definition) is 4. The highest BCUT2D eigenvalue weighted by Gasteiger charge is 2.12. The molecule has 1 aromatic carbocycles. The summed E-state index contributed by atoms with van der Waals surface area (Å²) < 4.78 is 25.7. The Kier molecular flexibility index (Phi) is 5.97. The summed E-state index contributed by atoms with van der Waals surface area (Å²) in [6.45, 7) is 2.12. The zero-order valence-electron chi connectivity index (χ0n) is 13.8. The minimum atomic E-state index is -3.18. The van der Waals surface area contributed by atoms with Gasteiger partial charge in [0.2, 0.25) is 0 Å². The van der Waals surface area contributed by atoms with Gasteiger partial charge in [-0.3, -0.25) is 10.00 Å². The molecule has 24 heavy (non-hydrogen) atoms. The molecule has 130 valence electrons. The van der Waals surface area contributed by atoms with E-state index in [-0.39, 0.29) is 24.1 Å². The molecule has 7 nitrogen and oxygen atoms in total. The zero-order chi connectivity index (χ0) is 17.6. The van der Waals surface area contributed by atoms with Crippen molar-refractivity contribution < 1.29 is 13.2 Å². The number of sulfone groups is 1. The molecule has 0 unspecified atom stereocenters. The van der Waals surface area contributed by atoms with Gasteiger partial charge in [0.05, 0.1) is 17.2 Å². The Morgan fingerprint density at radius 2 is 1.96 bits per heavy atom. The average Bonchev–Trinajstić information content (AvgIpc) is 2.82. The number of amides is 2. The number of aryl methyl sites for hydroxylation is 2. The minimum absolute atomic E-state index is 0.0222. The van der Waals surface area contributed by atoms with Crippen LogP contribution in [-0.4, -0.2) is 36.5 Å². The van der Waals surface area contributed by atoms with Crippen LogP contribution in [0, 0.1) is 6.92 Å². The summed E-state index contributed by atoms with van der Waals surface area (Å²) in [7, 11) is -1.45. The van der Waals surface area contributed by atoms with Gasteiger partial charge in [0.1, 0.15) is 5.82 Å². The first-order valence-corrected chi connectivity index (χ1v) is 9.48. The van der Waals surface area contributed by atoms with Gasteiger partial charge in [0.25, 0.3) is 0 Å². The molecule has 2 aromatic rings. The first kappa shape index (κ1) is 18.0. The Labute approximate surface area is 142 Å². The lowest BCUT2D eigenvalue weighted by molar-refractivity contribution is 0.252. The maximum Gasteiger partial charge on any atom is 0.320 e. The van der Waals surface area contributed by atoms with E-state index >= 15 is 0 Å². The number of rotatable bonds is 7. The Morgan fingerprint density at radius 1 is 1.25 bits per heavy atom. The van der Waals surface area contributed by atoms with Crippen molar-refractivity contribution in [1.29, 1.82) is 0 Å². The number of carbonyl (C=O) groups excluding carboxylic acids is 1. The number of benzene rings is 1. The second-order valence-corrected chi connectivity index (χ2v) is 7.79. The molecule has 0 radical (unpaired) electrons. The van der Waals surface area contributed by atoms with Crippen LogP contribution in [0.25, 0.3) is 0 Å². The van der Waals surface area contributed by atoms with Crippen LogP contribution in [0.15, 0.2) is 36.4 Å². The highest BCUT2D eigenvalue weighted by molar-refractivity contribution is 7.90. The molecule has 0 spiro atoms. The minimum Gasteiger partial charge on any atom is -0.338 e. The van der Waals surface area contributed by atoms with Crippen molar-refractivity contribution in [3.63, 3.8) is 0 Å². The number of hydrogen-bond donors (Lipinski definition) is 2. The number of anilines is 1. The lowest BCUT2D eigenvalue weighted by Crippen LogP contribution is -2.31. The van der Waals surface area contributed by atoms with Gasteiger partial charge in [-0.15, -0.1) is 0 Å². The molecule has 0 atom stereocenters. The summed E-state index contributed by atoms with van der Waals surface area (Å²) in [6, 6.07) is 10.4. The summed E-state index contributed by atoms with van der Waals surface area (Å²) in [5.74, 6) is 0.642. The van der Waals surface area contributed by atoms with Gasteiger partial charge >= 0.3 is 6.03 Å². The quantitative estimate of drug-likeness (QED) is 0.745. The second kappa shape index (κ2) is 7.96. The van der Waals surface area contributed by atoms with Gasteiger partial charge < -0.3 is 5.32 Å². The standard InChI is InChI=1S/C16H22N4O3S/c1-13-11-15(20(2)19-13)18-16(21)17-9-6-10-24(22,23)12-14-7-4-3-5-8-14/h3-5,7-8,11H,6,9-10,12H2,1-2H3,(H2,17,18,21). The molecule has 0 aliphatic carbocycles. The largest absolute Gasteiger partial charge is 0.338 e. The molecule has 2 rings (SSSR count). The first-order valence-electron chi connectivity index (χ1n) is 7.65. The Bertz CT molecular complexity index is 785. The third-order valence-electron chi connectivity index (χ3n) is 3.39. The molecule has 1 aromatic heterocycles. The lowest BCUT2D eigenvalue weighted by atomic mass is 10.2. The second-order valence-electron chi connectivity index (χ2n) is 5.61. The molecule has 8 heteroatoms. The monoisotopic (exact) mass is 350 g/mol. The summed E-state index contributed by atoms with van der Waals surface area (Å²) in [6.07, 6.45) is 0.368. The van der Waals surface area contributed by atoms with Crippen molar-refractivity contribution in [3.05, 3.63) is 47.7 Å². The molecule has 0 aliphatic heterocycles. The van der Waals surface area contributed by atoms with E-state index in [0.717, 1.165) is 11.3 Å². The van der Waals surface area contributed by atoms with Gasteiger partial charge in [-0.05, 0) is 18.9 Å². The lowest BCUT2D eigenvalue weighted by Gasteiger charge is -2.08. The predicted molar refractivity (Wildman–Crippen MR) is 93.5 cm³/mol. The van der Waals surface area contributed by atoms with E-state index in [4.69, 9.17) is 0 Å². The van der Waals surface area contributed by atoms with Crippen LogP contribution in [0.4, 0.5) is 10.6 Å². The molecular formula is C16H22N4O3S. The van der Waals surface area contributed by atoms with Gasteiger partial charge in [-0.1, -0.05) is 30.3 Å². The SMILES string of the molecule is Cc1cc(NC(=O)NCCCS(=O)(=O)Cc2ccccc2)n(C)n1. The molecule has 2 N–H and O–H groups in total. The van der Waals surface area contributed by atoms with Gasteiger partial charge in [0, 0.05) is 19.7 Å². The summed E-state index contributed by atoms with van der Waals surface area (Å²) in [4.78, 5) is 11.8. The fraction of sp³-hybridized carbons (Fsp3) is 0.375. The summed E-state index contributed by atoms with van der Waals surface area (Å²) in [5.41, 5.74) is 1.58. The first-order chi connectivity index (χ1) is 11.4. The van der Waals surface area contributed by atoms with E-state index in [0.29, 0.717) is 12.2 Å². The van der Waals surface area contributed by atoms with Crippen molar-refractivity contribution in [2.45, 2.75) is 19.1 Å². The molecule has 2 amide bonds. The van der Waals surface area contributed by atoms with Crippen LogP contribution in [0.3, 0.4) is 0 Å². The van der Waals surface area contributed by atoms with E-state index in [9.17, 15) is 13.2 Å². The molecule has 0 fully saturated rings. The maximum atomic E-state index is 12.0. The molecular weight excluding hydrogens is 328 g/mol. The van der Waals surface area contributed by atoms with E-state index in [1.165, 1.54) is 0 Å². The van der Waals surface area contributed by atoms with Crippen molar-refractivity contribution in [1.82, 2.24) is 15.1 Å². The van der Waals surface area contributed by atoms with Crippen LogP contribution in [0.5, 0.6) is 0 Å². The molecule has 0 bridgehead atoms. The predicted octanol–water partition coefficient (Wildman–Crippen LogP) is 1.86. The van der Waals surface area contributed by atoms with Gasteiger partial charge in [-0.2, -0.15) is 5.10 Å². The Hall–Kier alpha value is -2.35. The van der Waals surface area contributed by atoms with Crippen molar-refractivity contribution >= 4 is 21.7 Å². The fourth-order valence-electron chi connectivity index (χ4n) is 2.28. The highest BCUT2D eigenvalue weighted by atomic mass is 32.2. The van der Waals surface area contributed by atoms with E-state index in [1.54, 1.807) is 29.9 Å². The van der Waals surface area contributed by atoms with E-state index < -0.39 is 9.84 Å². The van der Waals surface area contributed by atoms with Crippen molar-refractivity contribution in [3.8, 4) is 0 Å². The van der Waals surface area contributed by atoms with Gasteiger partial charge in [-0.25, -0.2) is 13.2 Å². The van der Waals surface area contributed by atoms with Crippen molar-refractivity contribution in [2.24, 2.45) is 7.05 Å². The highest BCUT2D eigenvalue weighted by Crippen LogP contribution is 2.08. The van der Waals surface area contributed by atoms with Crippen LogP contribution >= 0.6 is 0 Å². The molecule has 0 saturated heterocycles. The third-order valence-corrected chi connectivity index (χ3v) is 5.07. The van der Waals surface area contributed by atoms with E-state index in [2.05, 4.69) is 15.7 Å². The summed E-state index contributed by atoms with van der Waals surface area (Å²) >= 11 is 0. The topological polar surface area (TPSA) is 93.1 Å². The van der Waals surface area contributed by atoms with Crippen LogP contribution in [0.1, 0.15) is 17.7 Å². The number of urea groups is 1. The average molecular weight is 350 g/mol. The number of nitrogens with one attached hydrogen (secondary N) is 2. The van der Waals surface area contributed by atoms with Crippen molar-refractivity contribution in [2.75, 3.05) is 17.6 Å². The molecule has 0 saturated carbocycles. The van der Waals surface area contributed by atoms with Crippen LogP contribution < -0.4 is 10.6 Å². The number of nitrogens with zero attached hydrogens (tertiary/aromatic N) is 2. The third kappa shape index (κ3) is 5.69. The normalized spacial score (nSPS) is 11.2. The fourth-order valence-corrected chi connectivity index (χ4v) is 3.71. The zero-order valence-corrected chi connectivity index (χ0v) is 14.6. The molecule has 1 heterocycles. The van der Waals surface area contributed by atoms with Crippen LogP contribution in [0.2, 0.25) is 0 Å². The van der Waals surface area contributed by atoms with Gasteiger partial charge in [0.15, 0.2) is 9.84 Å². The molecule has 0 aliphatic rings. The maximum absolute atomic E-state index is 12.0. The number of carbonyl (C=O) groups is 1. The Balaban J connectivity index is 1.72. The van der Waals surface area contributed by atoms with E-state index in [1.807, 2.05) is 25.1 Å². The smallest absolute Gasteiger partial charge is 0.320 e. The van der Waals surface area contributed by atoms with Crippen LogP contribution in [-0.2, 0) is 22.6 Å². The number of aromatic nitrogens is 2. The summed E-state index contributed by atoms with van der Waals surface area (Å²) in [5, 5.41) is 9.45.